The molecule has 0 unspecified atom stereocenters. The largest absolute Gasteiger partial charge is 0.357 e. The smallest absolute Gasteiger partial charge is 0.222 e. The SMILES string of the molecule is CCNC(=NCC1CCN(C)CC1)NCCCN1CCCC1=O.I. The van der Waals surface area contributed by atoms with Crippen LogP contribution in [0, 0.1) is 5.92 Å². The number of carbonyl (C=O) groups is 1. The van der Waals surface area contributed by atoms with Crippen molar-refractivity contribution >= 4 is 35.8 Å². The molecular formula is C17H34IN5O. The number of carbonyl (C=O) groups excluding carboxylic acids is 1. The maximum absolute atomic E-state index is 11.6. The maximum atomic E-state index is 11.6. The number of rotatable bonds is 7. The number of likely N-dealkylation sites (tertiary alicyclic amines) is 2. The Kier molecular flexibility index (Phi) is 10.6. The van der Waals surface area contributed by atoms with Gasteiger partial charge in [0, 0.05) is 39.1 Å². The summed E-state index contributed by atoms with van der Waals surface area (Å²) in [6.45, 7) is 8.92. The molecule has 1 amide bonds. The third-order valence-corrected chi connectivity index (χ3v) is 4.76. The van der Waals surface area contributed by atoms with Crippen LogP contribution in [-0.4, -0.2) is 74.5 Å². The van der Waals surface area contributed by atoms with Crippen molar-refractivity contribution in [1.82, 2.24) is 20.4 Å². The lowest BCUT2D eigenvalue weighted by Gasteiger charge is -2.28. The molecule has 2 heterocycles. The maximum Gasteiger partial charge on any atom is 0.222 e. The molecule has 0 aliphatic carbocycles. The van der Waals surface area contributed by atoms with Crippen LogP contribution in [0.2, 0.25) is 0 Å². The Bertz CT molecular complexity index is 396. The van der Waals surface area contributed by atoms with E-state index < -0.39 is 0 Å². The molecule has 0 saturated carbocycles. The lowest BCUT2D eigenvalue weighted by molar-refractivity contribution is -0.127. The molecule has 2 saturated heterocycles. The van der Waals surface area contributed by atoms with Gasteiger partial charge in [-0.1, -0.05) is 0 Å². The third-order valence-electron chi connectivity index (χ3n) is 4.76. The normalized spacial score (nSPS) is 20.2. The number of nitrogens with zero attached hydrogens (tertiary/aromatic N) is 3. The second-order valence-electron chi connectivity index (χ2n) is 6.73. The molecule has 0 atom stereocenters. The second kappa shape index (κ2) is 11.9. The van der Waals surface area contributed by atoms with Crippen molar-refractivity contribution in [1.29, 1.82) is 0 Å². The molecule has 24 heavy (non-hydrogen) atoms. The molecular weight excluding hydrogens is 417 g/mol. The minimum Gasteiger partial charge on any atom is -0.357 e. The Morgan fingerprint density at radius 1 is 1.25 bits per heavy atom. The van der Waals surface area contributed by atoms with Crippen molar-refractivity contribution in [2.24, 2.45) is 10.9 Å². The fourth-order valence-electron chi connectivity index (χ4n) is 3.22. The first-order valence-corrected chi connectivity index (χ1v) is 9.17. The predicted octanol–water partition coefficient (Wildman–Crippen LogP) is 1.51. The van der Waals surface area contributed by atoms with E-state index in [9.17, 15) is 4.79 Å². The topological polar surface area (TPSA) is 60.0 Å². The van der Waals surface area contributed by atoms with E-state index >= 15 is 0 Å². The van der Waals surface area contributed by atoms with Gasteiger partial charge in [-0.3, -0.25) is 9.79 Å². The van der Waals surface area contributed by atoms with Crippen LogP contribution in [0.3, 0.4) is 0 Å². The molecule has 2 N–H and O–H groups in total. The number of halogens is 1. The first-order chi connectivity index (χ1) is 11.2. The molecule has 140 valence electrons. The van der Waals surface area contributed by atoms with Crippen LogP contribution in [0.1, 0.15) is 39.0 Å². The number of nitrogens with one attached hydrogen (secondary N) is 2. The lowest BCUT2D eigenvalue weighted by Crippen LogP contribution is -2.39. The van der Waals surface area contributed by atoms with Crippen molar-refractivity contribution < 1.29 is 4.79 Å². The molecule has 7 heteroatoms. The number of aliphatic imine (C=N–C) groups is 1. The van der Waals surface area contributed by atoms with E-state index in [-0.39, 0.29) is 24.0 Å². The highest BCUT2D eigenvalue weighted by atomic mass is 127. The first-order valence-electron chi connectivity index (χ1n) is 9.17. The summed E-state index contributed by atoms with van der Waals surface area (Å²) in [5.41, 5.74) is 0. The van der Waals surface area contributed by atoms with Crippen LogP contribution in [0.5, 0.6) is 0 Å². The van der Waals surface area contributed by atoms with Gasteiger partial charge in [0.15, 0.2) is 5.96 Å². The summed E-state index contributed by atoms with van der Waals surface area (Å²) < 4.78 is 0. The molecule has 2 fully saturated rings. The summed E-state index contributed by atoms with van der Waals surface area (Å²) in [5, 5.41) is 6.71. The number of guanidine groups is 1. The van der Waals surface area contributed by atoms with Crippen LogP contribution in [0.15, 0.2) is 4.99 Å². The molecule has 6 nitrogen and oxygen atoms in total. The first kappa shape index (κ1) is 21.5. The Morgan fingerprint density at radius 2 is 2.00 bits per heavy atom. The van der Waals surface area contributed by atoms with Gasteiger partial charge >= 0.3 is 0 Å². The summed E-state index contributed by atoms with van der Waals surface area (Å²) in [6.07, 6.45) is 5.22. The van der Waals surface area contributed by atoms with Gasteiger partial charge in [-0.05, 0) is 58.7 Å². The highest BCUT2D eigenvalue weighted by molar-refractivity contribution is 14.0. The third kappa shape index (κ3) is 7.55. The molecule has 0 bridgehead atoms. The lowest BCUT2D eigenvalue weighted by atomic mass is 9.97. The number of hydrogen-bond donors (Lipinski definition) is 2. The zero-order valence-corrected chi connectivity index (χ0v) is 17.6. The molecule has 0 spiro atoms. The summed E-state index contributed by atoms with van der Waals surface area (Å²) >= 11 is 0. The van der Waals surface area contributed by atoms with E-state index in [0.29, 0.717) is 11.8 Å². The monoisotopic (exact) mass is 451 g/mol. The summed E-state index contributed by atoms with van der Waals surface area (Å²) in [6, 6.07) is 0. The van der Waals surface area contributed by atoms with Gasteiger partial charge in [-0.15, -0.1) is 24.0 Å². The number of amides is 1. The van der Waals surface area contributed by atoms with Crippen LogP contribution in [0.25, 0.3) is 0 Å². The van der Waals surface area contributed by atoms with Crippen LogP contribution < -0.4 is 10.6 Å². The van der Waals surface area contributed by atoms with E-state index in [4.69, 9.17) is 4.99 Å². The second-order valence-corrected chi connectivity index (χ2v) is 6.73. The standard InChI is InChI=1S/C17H33N5O.HI/c1-3-18-17(20-14-15-7-12-21(2)13-8-15)19-9-5-11-22-10-4-6-16(22)23;/h15H,3-14H2,1-2H3,(H2,18,19,20);1H. The van der Waals surface area contributed by atoms with E-state index in [1.54, 1.807) is 0 Å². The van der Waals surface area contributed by atoms with E-state index in [1.165, 1.54) is 25.9 Å². The minimum atomic E-state index is 0. The number of piperidine rings is 1. The molecule has 2 aliphatic rings. The summed E-state index contributed by atoms with van der Waals surface area (Å²) in [4.78, 5) is 20.7. The summed E-state index contributed by atoms with van der Waals surface area (Å²) in [5.74, 6) is 1.94. The van der Waals surface area contributed by atoms with Gasteiger partial charge in [0.25, 0.3) is 0 Å². The fourth-order valence-corrected chi connectivity index (χ4v) is 3.22. The average Bonchev–Trinajstić information content (AvgIpc) is 2.96. The van der Waals surface area contributed by atoms with Gasteiger partial charge in [-0.25, -0.2) is 0 Å². The number of hydrogen-bond acceptors (Lipinski definition) is 3. The Balaban J connectivity index is 0.00000288. The van der Waals surface area contributed by atoms with Gasteiger partial charge < -0.3 is 20.4 Å². The van der Waals surface area contributed by atoms with Gasteiger partial charge in [-0.2, -0.15) is 0 Å². The Hall–Kier alpha value is -0.570. The van der Waals surface area contributed by atoms with Crippen molar-refractivity contribution in [2.75, 3.05) is 52.9 Å². The minimum absolute atomic E-state index is 0. The molecule has 0 aromatic rings. The molecule has 0 radical (unpaired) electrons. The Labute approximate surface area is 163 Å². The van der Waals surface area contributed by atoms with Gasteiger partial charge in [0.05, 0.1) is 0 Å². The Morgan fingerprint density at radius 3 is 2.62 bits per heavy atom. The van der Waals surface area contributed by atoms with Crippen LogP contribution in [0.4, 0.5) is 0 Å². The highest BCUT2D eigenvalue weighted by Crippen LogP contribution is 2.15. The van der Waals surface area contributed by atoms with E-state index in [1.807, 2.05) is 4.90 Å². The van der Waals surface area contributed by atoms with E-state index in [0.717, 1.165) is 57.9 Å². The molecule has 2 aliphatic heterocycles. The van der Waals surface area contributed by atoms with Crippen molar-refractivity contribution in [3.05, 3.63) is 0 Å². The highest BCUT2D eigenvalue weighted by Gasteiger charge is 2.19. The molecule has 2 rings (SSSR count). The van der Waals surface area contributed by atoms with Gasteiger partial charge in [0.1, 0.15) is 0 Å². The van der Waals surface area contributed by atoms with Crippen molar-refractivity contribution in [2.45, 2.75) is 39.0 Å². The summed E-state index contributed by atoms with van der Waals surface area (Å²) in [7, 11) is 2.19. The zero-order valence-electron chi connectivity index (χ0n) is 15.2. The molecule has 0 aromatic carbocycles. The van der Waals surface area contributed by atoms with E-state index in [2.05, 4.69) is 29.5 Å². The van der Waals surface area contributed by atoms with Crippen molar-refractivity contribution in [3.8, 4) is 0 Å². The van der Waals surface area contributed by atoms with Crippen molar-refractivity contribution in [3.63, 3.8) is 0 Å². The average molecular weight is 451 g/mol. The molecule has 0 aromatic heterocycles. The predicted molar refractivity (Wildman–Crippen MR) is 110 cm³/mol. The van der Waals surface area contributed by atoms with Crippen LogP contribution in [-0.2, 0) is 4.79 Å². The van der Waals surface area contributed by atoms with Crippen LogP contribution >= 0.6 is 24.0 Å². The zero-order chi connectivity index (χ0) is 16.5. The van der Waals surface area contributed by atoms with Gasteiger partial charge in [0.2, 0.25) is 5.91 Å². The quantitative estimate of drug-likeness (QED) is 0.267. The fraction of sp³-hybridized carbons (Fsp3) is 0.882.